The van der Waals surface area contributed by atoms with Crippen molar-refractivity contribution in [2.75, 3.05) is 18.9 Å². The molecule has 1 fully saturated rings. The maximum Gasteiger partial charge on any atom is 0.135 e. The zero-order valence-corrected chi connectivity index (χ0v) is 11.8. The Morgan fingerprint density at radius 3 is 2.85 bits per heavy atom. The van der Waals surface area contributed by atoms with Crippen LogP contribution in [-0.4, -0.2) is 27.9 Å². The second-order valence-electron chi connectivity index (χ2n) is 5.94. The molecule has 3 rings (SSSR count). The number of hydrogen-bond donors (Lipinski definition) is 2. The van der Waals surface area contributed by atoms with Crippen molar-refractivity contribution in [3.8, 4) is 0 Å². The highest BCUT2D eigenvalue weighted by molar-refractivity contribution is 5.79. The number of benzene rings is 1. The van der Waals surface area contributed by atoms with Gasteiger partial charge in [0.15, 0.2) is 0 Å². The van der Waals surface area contributed by atoms with Crippen molar-refractivity contribution in [3.63, 3.8) is 0 Å². The van der Waals surface area contributed by atoms with E-state index < -0.39 is 0 Å². The van der Waals surface area contributed by atoms with E-state index in [0.29, 0.717) is 11.5 Å². The van der Waals surface area contributed by atoms with Gasteiger partial charge in [0.1, 0.15) is 12.4 Å². The van der Waals surface area contributed by atoms with Gasteiger partial charge in [0.2, 0.25) is 0 Å². The summed E-state index contributed by atoms with van der Waals surface area (Å²) in [6.45, 7) is 4.70. The molecule has 0 saturated carbocycles. The van der Waals surface area contributed by atoms with Crippen molar-refractivity contribution in [1.82, 2.24) is 9.55 Å². The lowest BCUT2D eigenvalue weighted by Crippen LogP contribution is -2.31. The van der Waals surface area contributed by atoms with Crippen molar-refractivity contribution in [1.29, 1.82) is 0 Å². The van der Waals surface area contributed by atoms with Crippen molar-refractivity contribution >= 4 is 16.7 Å². The van der Waals surface area contributed by atoms with E-state index in [1.807, 2.05) is 18.2 Å². The van der Waals surface area contributed by atoms with Crippen molar-refractivity contribution in [2.45, 2.75) is 32.9 Å². The average Bonchev–Trinajstić information content (AvgIpc) is 2.76. The quantitative estimate of drug-likeness (QED) is 0.839. The van der Waals surface area contributed by atoms with Gasteiger partial charge in [-0.3, -0.25) is 0 Å². The first-order chi connectivity index (χ1) is 9.61. The molecule has 0 unspecified atom stereocenters. The van der Waals surface area contributed by atoms with Crippen molar-refractivity contribution in [3.05, 3.63) is 24.0 Å². The molecule has 0 amide bonds. The molecular formula is C15H21N3O2. The first-order valence-electron chi connectivity index (χ1n) is 7.05. The van der Waals surface area contributed by atoms with Gasteiger partial charge in [0.25, 0.3) is 0 Å². The topological polar surface area (TPSA) is 73.3 Å². The number of imidazole rings is 1. The Kier molecular flexibility index (Phi) is 3.40. The molecule has 5 heteroatoms. The van der Waals surface area contributed by atoms with Gasteiger partial charge < -0.3 is 20.1 Å². The van der Waals surface area contributed by atoms with Crippen LogP contribution in [0.3, 0.4) is 0 Å². The number of aromatic nitrogens is 2. The molecule has 1 aromatic carbocycles. The van der Waals surface area contributed by atoms with E-state index in [4.69, 9.17) is 10.5 Å². The summed E-state index contributed by atoms with van der Waals surface area (Å²) in [5.41, 5.74) is 8.59. The number of aliphatic hydroxyl groups is 1. The zero-order chi connectivity index (χ0) is 14.2. The number of aliphatic hydroxyl groups excluding tert-OH is 1. The number of fused-ring (bicyclic) bond motifs is 1. The van der Waals surface area contributed by atoms with Crippen LogP contribution in [0.15, 0.2) is 18.2 Å². The first-order valence-corrected chi connectivity index (χ1v) is 7.05. The van der Waals surface area contributed by atoms with Crippen molar-refractivity contribution in [2.24, 2.45) is 5.41 Å². The van der Waals surface area contributed by atoms with Gasteiger partial charge in [-0.05, 0) is 36.5 Å². The van der Waals surface area contributed by atoms with E-state index in [9.17, 15) is 5.11 Å². The van der Waals surface area contributed by atoms with E-state index in [2.05, 4.69) is 16.5 Å². The predicted molar refractivity (Wildman–Crippen MR) is 78.2 cm³/mol. The predicted octanol–water partition coefficient (Wildman–Crippen LogP) is 1.93. The number of ether oxygens (including phenoxy) is 1. The van der Waals surface area contributed by atoms with Gasteiger partial charge in [-0.1, -0.05) is 6.92 Å². The summed E-state index contributed by atoms with van der Waals surface area (Å²) >= 11 is 0. The molecule has 0 atom stereocenters. The summed E-state index contributed by atoms with van der Waals surface area (Å²) in [6, 6.07) is 5.73. The molecule has 3 N–H and O–H groups in total. The second-order valence-corrected chi connectivity index (χ2v) is 5.94. The van der Waals surface area contributed by atoms with E-state index in [1.165, 1.54) is 0 Å². The molecule has 0 spiro atoms. The highest BCUT2D eigenvalue weighted by atomic mass is 16.5. The van der Waals surface area contributed by atoms with Crippen LogP contribution in [0, 0.1) is 5.41 Å². The Bertz CT molecular complexity index is 615. The molecule has 2 heterocycles. The summed E-state index contributed by atoms with van der Waals surface area (Å²) in [5.74, 6) is 0.707. The molecule has 108 valence electrons. The van der Waals surface area contributed by atoms with Crippen LogP contribution in [0.25, 0.3) is 11.0 Å². The van der Waals surface area contributed by atoms with E-state index in [0.717, 1.165) is 43.6 Å². The van der Waals surface area contributed by atoms with E-state index >= 15 is 0 Å². The van der Waals surface area contributed by atoms with Crippen LogP contribution in [0.1, 0.15) is 25.6 Å². The Morgan fingerprint density at radius 1 is 1.40 bits per heavy atom. The number of rotatable bonds is 3. The van der Waals surface area contributed by atoms with Gasteiger partial charge in [-0.2, -0.15) is 0 Å². The Morgan fingerprint density at radius 2 is 2.15 bits per heavy atom. The Balaban J connectivity index is 2.01. The molecule has 0 radical (unpaired) electrons. The molecule has 1 aromatic heterocycles. The van der Waals surface area contributed by atoms with Crippen LogP contribution in [0.4, 0.5) is 5.69 Å². The lowest BCUT2D eigenvalue weighted by Gasteiger charge is -2.34. The fourth-order valence-electron chi connectivity index (χ4n) is 2.90. The van der Waals surface area contributed by atoms with Gasteiger partial charge in [-0.25, -0.2) is 4.98 Å². The molecule has 0 bridgehead atoms. The fourth-order valence-corrected chi connectivity index (χ4v) is 2.90. The maximum absolute atomic E-state index is 9.56. The summed E-state index contributed by atoms with van der Waals surface area (Å²) in [5, 5.41) is 9.56. The van der Waals surface area contributed by atoms with Crippen LogP contribution >= 0.6 is 0 Å². The van der Waals surface area contributed by atoms with Crippen LogP contribution in [0.2, 0.25) is 0 Å². The van der Waals surface area contributed by atoms with Gasteiger partial charge in [0.05, 0.1) is 11.0 Å². The summed E-state index contributed by atoms with van der Waals surface area (Å²) in [4.78, 5) is 4.49. The zero-order valence-electron chi connectivity index (χ0n) is 11.8. The largest absolute Gasteiger partial charge is 0.399 e. The lowest BCUT2D eigenvalue weighted by atomic mass is 9.82. The Hall–Kier alpha value is -1.59. The third kappa shape index (κ3) is 2.39. The monoisotopic (exact) mass is 275 g/mol. The maximum atomic E-state index is 9.56. The molecule has 20 heavy (non-hydrogen) atoms. The summed E-state index contributed by atoms with van der Waals surface area (Å²) in [6.07, 6.45) is 2.07. The highest BCUT2D eigenvalue weighted by Crippen LogP contribution is 2.33. The number of nitrogen functional groups attached to an aromatic ring is 1. The standard InChI is InChI=1S/C15H21N3O2/c1-15(4-6-20-7-5-15)10-18-13-3-2-11(16)8-12(13)17-14(18)9-19/h2-3,8,19H,4-7,9-10,16H2,1H3. The van der Waals surface area contributed by atoms with Crippen LogP contribution in [-0.2, 0) is 17.9 Å². The van der Waals surface area contributed by atoms with Gasteiger partial charge >= 0.3 is 0 Å². The van der Waals surface area contributed by atoms with E-state index in [1.54, 1.807) is 0 Å². The van der Waals surface area contributed by atoms with Crippen LogP contribution < -0.4 is 5.73 Å². The molecule has 1 aliphatic rings. The number of anilines is 1. The SMILES string of the molecule is CC1(Cn2c(CO)nc3cc(N)ccc32)CCOCC1. The second kappa shape index (κ2) is 5.07. The third-order valence-electron chi connectivity index (χ3n) is 4.23. The van der Waals surface area contributed by atoms with Crippen LogP contribution in [0.5, 0.6) is 0 Å². The van der Waals surface area contributed by atoms with Crippen molar-refractivity contribution < 1.29 is 9.84 Å². The first kappa shape index (κ1) is 13.4. The Labute approximate surface area is 118 Å². The number of nitrogens with zero attached hydrogens (tertiary/aromatic N) is 2. The summed E-state index contributed by atoms with van der Waals surface area (Å²) < 4.78 is 7.58. The average molecular weight is 275 g/mol. The third-order valence-corrected chi connectivity index (χ3v) is 4.23. The fraction of sp³-hybridized carbons (Fsp3) is 0.533. The van der Waals surface area contributed by atoms with Gasteiger partial charge in [0, 0.05) is 25.4 Å². The minimum Gasteiger partial charge on any atom is -0.399 e. The number of nitrogens with two attached hydrogens (primary N) is 1. The highest BCUT2D eigenvalue weighted by Gasteiger charge is 2.29. The molecular weight excluding hydrogens is 254 g/mol. The number of hydrogen-bond acceptors (Lipinski definition) is 4. The normalized spacial score (nSPS) is 18.5. The van der Waals surface area contributed by atoms with E-state index in [-0.39, 0.29) is 12.0 Å². The smallest absolute Gasteiger partial charge is 0.135 e. The summed E-state index contributed by atoms with van der Waals surface area (Å²) in [7, 11) is 0. The minimum absolute atomic E-state index is 0.0544. The minimum atomic E-state index is -0.0544. The lowest BCUT2D eigenvalue weighted by molar-refractivity contribution is 0.0153. The molecule has 5 nitrogen and oxygen atoms in total. The van der Waals surface area contributed by atoms with Gasteiger partial charge in [-0.15, -0.1) is 0 Å². The molecule has 1 aliphatic heterocycles. The molecule has 1 saturated heterocycles. The molecule has 2 aromatic rings. The molecule has 0 aliphatic carbocycles.